The summed E-state index contributed by atoms with van der Waals surface area (Å²) in [7, 11) is 0. The second-order valence-electron chi connectivity index (χ2n) is 12.9. The molecule has 50 heavy (non-hydrogen) atoms. The van der Waals surface area contributed by atoms with Crippen LogP contribution in [0.3, 0.4) is 0 Å². The van der Waals surface area contributed by atoms with Crippen molar-refractivity contribution in [1.82, 2.24) is 0 Å². The van der Waals surface area contributed by atoms with E-state index < -0.39 is 0 Å². The molecule has 0 saturated heterocycles. The first-order valence-corrected chi connectivity index (χ1v) is 17.9. The van der Waals surface area contributed by atoms with Gasteiger partial charge in [-0.15, -0.1) is 11.3 Å². The van der Waals surface area contributed by atoms with Crippen LogP contribution >= 0.6 is 11.3 Å². The van der Waals surface area contributed by atoms with Crippen molar-refractivity contribution in [1.29, 1.82) is 0 Å². The highest BCUT2D eigenvalue weighted by atomic mass is 32.1. The Labute approximate surface area is 294 Å². The van der Waals surface area contributed by atoms with E-state index in [1.54, 1.807) is 0 Å². The number of fused-ring (bicyclic) bond motifs is 7. The van der Waals surface area contributed by atoms with Crippen LogP contribution in [0.2, 0.25) is 0 Å². The summed E-state index contributed by atoms with van der Waals surface area (Å²) in [6.07, 6.45) is 0. The van der Waals surface area contributed by atoms with Crippen molar-refractivity contribution in [2.75, 3.05) is 4.90 Å². The van der Waals surface area contributed by atoms with Gasteiger partial charge in [-0.25, -0.2) is 0 Å². The minimum absolute atomic E-state index is 1.12. The lowest BCUT2D eigenvalue weighted by Crippen LogP contribution is -2.10. The maximum Gasteiger partial charge on any atom is 0.0546 e. The third-order valence-electron chi connectivity index (χ3n) is 10.0. The Balaban J connectivity index is 1.16. The van der Waals surface area contributed by atoms with Crippen molar-refractivity contribution in [2.24, 2.45) is 0 Å². The van der Waals surface area contributed by atoms with Crippen LogP contribution in [0.4, 0.5) is 17.1 Å². The minimum atomic E-state index is 1.12. The predicted molar refractivity (Wildman–Crippen MR) is 217 cm³/mol. The van der Waals surface area contributed by atoms with Gasteiger partial charge in [0.05, 0.1) is 5.69 Å². The number of hydrogen-bond acceptors (Lipinski definition) is 2. The van der Waals surface area contributed by atoms with E-state index in [4.69, 9.17) is 0 Å². The molecule has 0 spiro atoms. The van der Waals surface area contributed by atoms with Gasteiger partial charge < -0.3 is 4.90 Å². The fraction of sp³-hybridized carbons (Fsp3) is 0. The predicted octanol–water partition coefficient (Wildman–Crippen LogP) is 14.3. The summed E-state index contributed by atoms with van der Waals surface area (Å²) in [5.74, 6) is 0. The fourth-order valence-corrected chi connectivity index (χ4v) is 8.84. The van der Waals surface area contributed by atoms with Crippen molar-refractivity contribution in [3.05, 3.63) is 188 Å². The SMILES string of the molecule is c1cc(-c2ccc3ccccc3c2)cc(N(c2ccc(-c3cccc4c3sc3ccccc34)cc2)c2cc3ccccc3c3ccccc23)c1. The fourth-order valence-electron chi connectivity index (χ4n) is 7.60. The average Bonchev–Trinajstić information content (AvgIpc) is 3.57. The highest BCUT2D eigenvalue weighted by molar-refractivity contribution is 7.26. The molecule has 0 amide bonds. The Morgan fingerprint density at radius 2 is 0.980 bits per heavy atom. The van der Waals surface area contributed by atoms with Gasteiger partial charge in [0.25, 0.3) is 0 Å². The number of nitrogens with zero attached hydrogens (tertiary/aromatic N) is 1. The zero-order chi connectivity index (χ0) is 33.0. The molecule has 0 aliphatic carbocycles. The smallest absolute Gasteiger partial charge is 0.0546 e. The zero-order valence-corrected chi connectivity index (χ0v) is 28.1. The Morgan fingerprint density at radius 1 is 0.340 bits per heavy atom. The lowest BCUT2D eigenvalue weighted by Gasteiger charge is -2.28. The van der Waals surface area contributed by atoms with Gasteiger partial charge in [0.15, 0.2) is 0 Å². The molecule has 1 nitrogen and oxygen atoms in total. The molecule has 0 aliphatic heterocycles. The van der Waals surface area contributed by atoms with Gasteiger partial charge in [-0.05, 0) is 91.6 Å². The highest BCUT2D eigenvalue weighted by Crippen LogP contribution is 2.44. The van der Waals surface area contributed by atoms with Crippen LogP contribution in [-0.4, -0.2) is 0 Å². The van der Waals surface area contributed by atoms with Gasteiger partial charge in [0, 0.05) is 36.9 Å². The van der Waals surface area contributed by atoms with Crippen LogP contribution in [-0.2, 0) is 0 Å². The normalized spacial score (nSPS) is 11.6. The largest absolute Gasteiger partial charge is 0.310 e. The van der Waals surface area contributed by atoms with Crippen LogP contribution in [0.15, 0.2) is 188 Å². The number of anilines is 3. The molecule has 1 heterocycles. The highest BCUT2D eigenvalue weighted by Gasteiger charge is 2.19. The maximum absolute atomic E-state index is 2.43. The van der Waals surface area contributed by atoms with Crippen LogP contribution in [0.5, 0.6) is 0 Å². The summed E-state index contributed by atoms with van der Waals surface area (Å²) in [6.45, 7) is 0. The van der Waals surface area contributed by atoms with Crippen molar-refractivity contribution < 1.29 is 0 Å². The third-order valence-corrected chi connectivity index (χ3v) is 11.2. The van der Waals surface area contributed by atoms with Gasteiger partial charge in [0.1, 0.15) is 0 Å². The van der Waals surface area contributed by atoms with Crippen molar-refractivity contribution in [3.8, 4) is 22.3 Å². The number of hydrogen-bond donors (Lipinski definition) is 0. The molecule has 0 saturated carbocycles. The van der Waals surface area contributed by atoms with Crippen LogP contribution in [0.25, 0.3) is 74.7 Å². The lowest BCUT2D eigenvalue weighted by atomic mass is 9.97. The Bertz CT molecular complexity index is 2880. The first-order valence-electron chi connectivity index (χ1n) is 17.1. The maximum atomic E-state index is 2.43. The standard InChI is InChI=1S/C48H31NS/c1-2-12-34-29-36(24-23-32(34)11-1)35-14-9-15-39(30-35)49(46-31-37-13-3-4-16-40(37)42-17-5-6-18-43(42)46)38-27-25-33(26-28-38)41-20-10-21-45-44-19-7-8-22-47(44)50-48(41)45/h1-31H. The molecular weight excluding hydrogens is 623 g/mol. The first-order chi connectivity index (χ1) is 24.8. The Kier molecular flexibility index (Phi) is 6.75. The molecule has 234 valence electrons. The molecule has 0 N–H and O–H groups in total. The lowest BCUT2D eigenvalue weighted by molar-refractivity contribution is 1.30. The number of benzene rings is 9. The second kappa shape index (κ2) is 11.7. The van der Waals surface area contributed by atoms with E-state index in [2.05, 4.69) is 193 Å². The van der Waals surface area contributed by atoms with Gasteiger partial charge in [-0.2, -0.15) is 0 Å². The van der Waals surface area contributed by atoms with E-state index in [0.717, 1.165) is 17.1 Å². The van der Waals surface area contributed by atoms with E-state index in [1.165, 1.54) is 74.7 Å². The van der Waals surface area contributed by atoms with E-state index >= 15 is 0 Å². The molecule has 1 aromatic heterocycles. The number of thiophene rings is 1. The summed E-state index contributed by atoms with van der Waals surface area (Å²) in [4.78, 5) is 2.43. The first kappa shape index (κ1) is 28.8. The zero-order valence-electron chi connectivity index (χ0n) is 27.3. The molecule has 0 bridgehead atoms. The number of rotatable bonds is 5. The van der Waals surface area contributed by atoms with Crippen molar-refractivity contribution >= 4 is 80.9 Å². The second-order valence-corrected chi connectivity index (χ2v) is 14.0. The molecule has 0 aliphatic rings. The Morgan fingerprint density at radius 3 is 1.84 bits per heavy atom. The van der Waals surface area contributed by atoms with E-state index in [1.807, 2.05) is 11.3 Å². The summed E-state index contributed by atoms with van der Waals surface area (Å²) >= 11 is 1.88. The summed E-state index contributed by atoms with van der Waals surface area (Å²) in [6, 6.07) is 68.8. The van der Waals surface area contributed by atoms with Crippen molar-refractivity contribution in [2.45, 2.75) is 0 Å². The van der Waals surface area contributed by atoms with E-state index in [9.17, 15) is 0 Å². The van der Waals surface area contributed by atoms with Crippen LogP contribution < -0.4 is 4.90 Å². The molecule has 0 fully saturated rings. The molecule has 2 heteroatoms. The van der Waals surface area contributed by atoms with E-state index in [-0.39, 0.29) is 0 Å². The Hall–Kier alpha value is -6.22. The monoisotopic (exact) mass is 653 g/mol. The molecule has 0 radical (unpaired) electrons. The third kappa shape index (κ3) is 4.76. The molecule has 10 aromatic rings. The van der Waals surface area contributed by atoms with Gasteiger partial charge in [-0.1, -0.05) is 146 Å². The topological polar surface area (TPSA) is 3.24 Å². The van der Waals surface area contributed by atoms with Gasteiger partial charge >= 0.3 is 0 Å². The summed E-state index contributed by atoms with van der Waals surface area (Å²) in [5.41, 5.74) is 8.30. The van der Waals surface area contributed by atoms with Gasteiger partial charge in [-0.3, -0.25) is 0 Å². The quantitative estimate of drug-likeness (QED) is 0.167. The molecule has 10 rings (SSSR count). The van der Waals surface area contributed by atoms with E-state index in [0.29, 0.717) is 0 Å². The molecule has 9 aromatic carbocycles. The molecular formula is C48H31NS. The summed E-state index contributed by atoms with van der Waals surface area (Å²) < 4.78 is 2.66. The van der Waals surface area contributed by atoms with Crippen LogP contribution in [0, 0.1) is 0 Å². The summed E-state index contributed by atoms with van der Waals surface area (Å²) in [5, 5.41) is 10.1. The molecule has 0 unspecified atom stereocenters. The van der Waals surface area contributed by atoms with Crippen molar-refractivity contribution in [3.63, 3.8) is 0 Å². The van der Waals surface area contributed by atoms with Gasteiger partial charge in [0.2, 0.25) is 0 Å². The van der Waals surface area contributed by atoms with Crippen LogP contribution in [0.1, 0.15) is 0 Å². The molecule has 0 atom stereocenters. The average molecular weight is 654 g/mol. The minimum Gasteiger partial charge on any atom is -0.310 e.